The fourth-order valence-corrected chi connectivity index (χ4v) is 4.84. The van der Waals surface area contributed by atoms with Gasteiger partial charge in [-0.05, 0) is 65.3 Å². The Balaban J connectivity index is 6.25. The topological polar surface area (TPSA) is 78.9 Å². The molecule has 9 heteroatoms. The molecule has 0 rings (SSSR count). The molecule has 0 saturated carbocycles. The molecule has 0 aromatic heterocycles. The molecule has 158 valence electrons. The standard InChI is InChI=1S/C18H38O6Si3/c1-12-13-18(16(20)23-26(6,7)8,17(21)24-27(9,10)11)14(2)15(19)22-25(3,4)5/h14H,12-13H2,1-11H3. The zero-order chi connectivity index (χ0) is 21.8. The molecule has 0 saturated heterocycles. The van der Waals surface area contributed by atoms with Crippen LogP contribution in [0.4, 0.5) is 0 Å². The molecule has 27 heavy (non-hydrogen) atoms. The van der Waals surface area contributed by atoms with Crippen LogP contribution in [-0.4, -0.2) is 42.9 Å². The van der Waals surface area contributed by atoms with Crippen LogP contribution in [0.15, 0.2) is 0 Å². The van der Waals surface area contributed by atoms with Crippen LogP contribution in [-0.2, 0) is 27.7 Å². The van der Waals surface area contributed by atoms with E-state index in [9.17, 15) is 14.4 Å². The van der Waals surface area contributed by atoms with Gasteiger partial charge in [0.1, 0.15) is 0 Å². The van der Waals surface area contributed by atoms with Gasteiger partial charge in [0.2, 0.25) is 25.0 Å². The van der Waals surface area contributed by atoms with Crippen molar-refractivity contribution in [1.29, 1.82) is 0 Å². The zero-order valence-corrected chi connectivity index (χ0v) is 21.9. The van der Waals surface area contributed by atoms with Crippen LogP contribution < -0.4 is 0 Å². The van der Waals surface area contributed by atoms with E-state index in [4.69, 9.17) is 13.3 Å². The van der Waals surface area contributed by atoms with Gasteiger partial charge in [0, 0.05) is 0 Å². The molecule has 0 amide bonds. The number of rotatable bonds is 9. The van der Waals surface area contributed by atoms with Crippen molar-refractivity contribution >= 4 is 42.9 Å². The highest BCUT2D eigenvalue weighted by atomic mass is 28.4. The van der Waals surface area contributed by atoms with Crippen molar-refractivity contribution in [3.05, 3.63) is 0 Å². The summed E-state index contributed by atoms with van der Waals surface area (Å²) in [7, 11) is -6.75. The van der Waals surface area contributed by atoms with Gasteiger partial charge in [-0.3, -0.25) is 14.4 Å². The highest BCUT2D eigenvalue weighted by molar-refractivity contribution is 6.72. The molecule has 0 aliphatic rings. The van der Waals surface area contributed by atoms with Crippen LogP contribution in [0.25, 0.3) is 0 Å². The molecule has 0 aliphatic heterocycles. The minimum Gasteiger partial charge on any atom is -0.520 e. The summed E-state index contributed by atoms with van der Waals surface area (Å²) < 4.78 is 17.0. The van der Waals surface area contributed by atoms with Gasteiger partial charge < -0.3 is 13.3 Å². The molecule has 1 unspecified atom stereocenters. The van der Waals surface area contributed by atoms with E-state index in [2.05, 4.69) is 0 Å². The Morgan fingerprint density at radius 2 is 1.07 bits per heavy atom. The second-order valence-electron chi connectivity index (χ2n) is 9.98. The summed E-state index contributed by atoms with van der Waals surface area (Å²) in [5, 5.41) is 0. The lowest BCUT2D eigenvalue weighted by Gasteiger charge is -2.38. The first-order chi connectivity index (χ1) is 11.9. The van der Waals surface area contributed by atoms with Crippen LogP contribution in [0.3, 0.4) is 0 Å². The fourth-order valence-electron chi connectivity index (χ4n) is 2.58. The van der Waals surface area contributed by atoms with Crippen LogP contribution in [0.2, 0.25) is 58.9 Å². The number of carbonyl (C=O) groups is 3. The van der Waals surface area contributed by atoms with Crippen molar-refractivity contribution in [3.63, 3.8) is 0 Å². The second-order valence-corrected chi connectivity index (χ2v) is 23.3. The van der Waals surface area contributed by atoms with Crippen molar-refractivity contribution in [1.82, 2.24) is 0 Å². The van der Waals surface area contributed by atoms with Crippen LogP contribution in [0.5, 0.6) is 0 Å². The van der Waals surface area contributed by atoms with Crippen molar-refractivity contribution in [2.45, 2.75) is 85.6 Å². The summed E-state index contributed by atoms with van der Waals surface area (Å²) >= 11 is 0. The van der Waals surface area contributed by atoms with E-state index in [1.807, 2.05) is 65.8 Å². The summed E-state index contributed by atoms with van der Waals surface area (Å²) in [5.74, 6) is -2.84. The lowest BCUT2D eigenvalue weighted by Crippen LogP contribution is -2.54. The van der Waals surface area contributed by atoms with Crippen LogP contribution in [0, 0.1) is 11.3 Å². The molecule has 0 fully saturated rings. The predicted octanol–water partition coefficient (Wildman–Crippen LogP) is 4.54. The Morgan fingerprint density at radius 1 is 0.741 bits per heavy atom. The highest BCUT2D eigenvalue weighted by Gasteiger charge is 2.57. The molecule has 0 radical (unpaired) electrons. The fraction of sp³-hybridized carbons (Fsp3) is 0.833. The summed E-state index contributed by atoms with van der Waals surface area (Å²) in [6.45, 7) is 20.3. The molecule has 0 N–H and O–H groups in total. The maximum atomic E-state index is 13.2. The number of carbonyl (C=O) groups excluding carboxylic acids is 3. The monoisotopic (exact) mass is 434 g/mol. The minimum atomic E-state index is -2.28. The van der Waals surface area contributed by atoms with Gasteiger partial charge in [-0.2, -0.15) is 0 Å². The van der Waals surface area contributed by atoms with Gasteiger partial charge in [-0.1, -0.05) is 20.3 Å². The molecule has 6 nitrogen and oxygen atoms in total. The molecule has 0 aromatic rings. The van der Waals surface area contributed by atoms with Gasteiger partial charge in [-0.15, -0.1) is 0 Å². The lowest BCUT2D eigenvalue weighted by molar-refractivity contribution is -0.173. The first-order valence-electron chi connectivity index (χ1n) is 9.55. The summed E-state index contributed by atoms with van der Waals surface area (Å²) in [5.41, 5.74) is -1.67. The van der Waals surface area contributed by atoms with E-state index in [0.29, 0.717) is 6.42 Å². The molecule has 0 aliphatic carbocycles. The normalized spacial score (nSPS) is 14.3. The van der Waals surface area contributed by atoms with Crippen molar-refractivity contribution in [2.75, 3.05) is 0 Å². The van der Waals surface area contributed by atoms with E-state index in [-0.39, 0.29) is 6.42 Å². The van der Waals surface area contributed by atoms with Crippen molar-refractivity contribution in [3.8, 4) is 0 Å². The third kappa shape index (κ3) is 8.30. The molecule has 0 aromatic carbocycles. The Hall–Kier alpha value is -0.939. The summed E-state index contributed by atoms with van der Waals surface area (Å²) in [6, 6.07) is 0. The number of hydrogen-bond donors (Lipinski definition) is 0. The Labute approximate surface area is 167 Å². The van der Waals surface area contributed by atoms with E-state index in [1.54, 1.807) is 6.92 Å². The average Bonchev–Trinajstić information content (AvgIpc) is 2.37. The third-order valence-corrected chi connectivity index (χ3v) is 6.08. The van der Waals surface area contributed by atoms with Crippen LogP contribution in [0.1, 0.15) is 26.7 Å². The van der Waals surface area contributed by atoms with E-state index in [1.165, 1.54) is 0 Å². The quantitative estimate of drug-likeness (QED) is 0.391. The first-order valence-corrected chi connectivity index (χ1v) is 19.8. The van der Waals surface area contributed by atoms with Crippen molar-refractivity contribution < 1.29 is 27.7 Å². The Morgan fingerprint density at radius 3 is 1.33 bits per heavy atom. The number of hydrogen-bond acceptors (Lipinski definition) is 6. The van der Waals surface area contributed by atoms with E-state index in [0.717, 1.165) is 0 Å². The first kappa shape index (κ1) is 26.1. The lowest BCUT2D eigenvalue weighted by atomic mass is 9.73. The average molecular weight is 435 g/mol. The van der Waals surface area contributed by atoms with Gasteiger partial charge in [0.05, 0.1) is 5.92 Å². The van der Waals surface area contributed by atoms with Gasteiger partial charge >= 0.3 is 11.9 Å². The molecule has 0 bridgehead atoms. The summed E-state index contributed by atoms with van der Waals surface area (Å²) in [6.07, 6.45) is 0.716. The molecular formula is C18H38O6Si3. The maximum absolute atomic E-state index is 13.2. The minimum absolute atomic E-state index is 0.182. The molecular weight excluding hydrogens is 396 g/mol. The molecule has 0 spiro atoms. The SMILES string of the molecule is CCCC(C(=O)O[Si](C)(C)C)(C(=O)O[Si](C)(C)C)C(C)C(=O)O[Si](C)(C)C. The predicted molar refractivity (Wildman–Crippen MR) is 115 cm³/mol. The van der Waals surface area contributed by atoms with Crippen LogP contribution >= 0.6 is 0 Å². The Bertz CT molecular complexity index is 527. The largest absolute Gasteiger partial charge is 0.520 e. The third-order valence-electron chi connectivity index (χ3n) is 3.67. The zero-order valence-electron chi connectivity index (χ0n) is 18.9. The van der Waals surface area contributed by atoms with Gasteiger partial charge in [0.25, 0.3) is 5.97 Å². The molecule has 1 atom stereocenters. The maximum Gasteiger partial charge on any atom is 0.311 e. The van der Waals surface area contributed by atoms with E-state index >= 15 is 0 Å². The van der Waals surface area contributed by atoms with E-state index < -0.39 is 54.2 Å². The van der Waals surface area contributed by atoms with Gasteiger partial charge in [-0.25, -0.2) is 0 Å². The van der Waals surface area contributed by atoms with Crippen molar-refractivity contribution in [2.24, 2.45) is 11.3 Å². The smallest absolute Gasteiger partial charge is 0.311 e. The van der Waals surface area contributed by atoms with Gasteiger partial charge in [0.15, 0.2) is 5.41 Å². The molecule has 0 heterocycles. The summed E-state index contributed by atoms with van der Waals surface area (Å²) in [4.78, 5) is 39.3. The highest BCUT2D eigenvalue weighted by Crippen LogP contribution is 2.39. The Kier molecular flexibility index (Phi) is 8.73. The second kappa shape index (κ2) is 9.04.